The molecule has 2 N–H and O–H groups in total. The minimum atomic E-state index is -0.707. The number of aliphatic hydroxyl groups excluding tert-OH is 1. The molecule has 0 heterocycles. The molecular formula is C32H56ClNO3. The molecule has 3 saturated carbocycles. The molecule has 0 bridgehead atoms. The molecule has 10 atom stereocenters. The number of carboxylic acids is 1. The minimum Gasteiger partial charge on any atom is -1.00 e. The third kappa shape index (κ3) is 5.42. The monoisotopic (exact) mass is 537 g/mol. The molecule has 4 aliphatic carbocycles. The van der Waals surface area contributed by atoms with Gasteiger partial charge in [-0.2, -0.15) is 0 Å². The molecule has 0 saturated heterocycles. The van der Waals surface area contributed by atoms with Gasteiger partial charge in [-0.25, -0.2) is 4.79 Å². The number of aliphatic hydroxyl groups is 1. The summed E-state index contributed by atoms with van der Waals surface area (Å²) in [6.45, 7) is 12.2. The van der Waals surface area contributed by atoms with Gasteiger partial charge in [0.05, 0.1) is 27.2 Å². The zero-order chi connectivity index (χ0) is 26.6. The molecule has 214 valence electrons. The Hall–Kier alpha value is -0.580. The molecule has 5 heteroatoms. The van der Waals surface area contributed by atoms with Crippen molar-refractivity contribution in [3.05, 3.63) is 11.6 Å². The van der Waals surface area contributed by atoms with Crippen LogP contribution < -0.4 is 12.4 Å². The van der Waals surface area contributed by atoms with Gasteiger partial charge in [-0.3, -0.25) is 0 Å². The summed E-state index contributed by atoms with van der Waals surface area (Å²) < 4.78 is 0.407. The molecule has 0 aromatic heterocycles. The SMILES string of the molecule is CC(C)CCC[C@@H](C)[C@H]1CC[C@H]2[C@@H]3CC=C4C[C@@H](O)CC(C(C(=O)O)[N+](C)(C)C)[C@@]4(C)[C@H]3CC[C@]12C.[Cl-]. The highest BCUT2D eigenvalue weighted by Crippen LogP contribution is 2.68. The van der Waals surface area contributed by atoms with Crippen LogP contribution in [0.1, 0.15) is 98.8 Å². The van der Waals surface area contributed by atoms with Crippen LogP contribution in [0.2, 0.25) is 0 Å². The van der Waals surface area contributed by atoms with Crippen molar-refractivity contribution in [1.29, 1.82) is 0 Å². The number of rotatable bonds is 8. The zero-order valence-electron chi connectivity index (χ0n) is 25.0. The minimum absolute atomic E-state index is 0. The van der Waals surface area contributed by atoms with Crippen molar-refractivity contribution in [2.24, 2.45) is 52.3 Å². The summed E-state index contributed by atoms with van der Waals surface area (Å²) in [6.07, 6.45) is 13.8. The third-order valence-electron chi connectivity index (χ3n) is 12.0. The van der Waals surface area contributed by atoms with E-state index in [0.29, 0.717) is 28.2 Å². The predicted octanol–water partition coefficient (Wildman–Crippen LogP) is 3.78. The molecule has 0 aromatic carbocycles. The molecule has 3 fully saturated rings. The van der Waals surface area contributed by atoms with E-state index in [1.165, 1.54) is 50.5 Å². The van der Waals surface area contributed by atoms with Gasteiger partial charge >= 0.3 is 5.97 Å². The van der Waals surface area contributed by atoms with Gasteiger partial charge in [0, 0.05) is 11.3 Å². The van der Waals surface area contributed by atoms with E-state index in [9.17, 15) is 15.0 Å². The predicted molar refractivity (Wildman–Crippen MR) is 147 cm³/mol. The van der Waals surface area contributed by atoms with Crippen LogP contribution in [0, 0.1) is 52.3 Å². The van der Waals surface area contributed by atoms with E-state index >= 15 is 0 Å². The molecule has 0 radical (unpaired) electrons. The van der Waals surface area contributed by atoms with Crippen LogP contribution in [0.4, 0.5) is 0 Å². The number of aliphatic carboxylic acids is 1. The Labute approximate surface area is 233 Å². The fourth-order valence-electron chi connectivity index (χ4n) is 10.3. The Morgan fingerprint density at radius 2 is 1.73 bits per heavy atom. The number of carbonyl (C=O) groups is 1. The van der Waals surface area contributed by atoms with Gasteiger partial charge in [0.1, 0.15) is 0 Å². The van der Waals surface area contributed by atoms with Crippen molar-refractivity contribution in [3.63, 3.8) is 0 Å². The van der Waals surface area contributed by atoms with Crippen molar-refractivity contribution in [3.8, 4) is 0 Å². The van der Waals surface area contributed by atoms with Crippen LogP contribution in [-0.2, 0) is 4.79 Å². The lowest BCUT2D eigenvalue weighted by Crippen LogP contribution is -3.00. The van der Waals surface area contributed by atoms with Crippen LogP contribution in [0.3, 0.4) is 0 Å². The van der Waals surface area contributed by atoms with E-state index in [-0.39, 0.29) is 23.7 Å². The first-order chi connectivity index (χ1) is 16.7. The summed E-state index contributed by atoms with van der Waals surface area (Å²) in [5.74, 6) is 3.63. The summed E-state index contributed by atoms with van der Waals surface area (Å²) in [6, 6.07) is -0.502. The number of allylic oxidation sites excluding steroid dienone is 1. The topological polar surface area (TPSA) is 57.5 Å². The highest BCUT2D eigenvalue weighted by atomic mass is 35.5. The van der Waals surface area contributed by atoms with Gasteiger partial charge in [-0.15, -0.1) is 0 Å². The summed E-state index contributed by atoms with van der Waals surface area (Å²) in [7, 11) is 6.06. The van der Waals surface area contributed by atoms with Crippen molar-refractivity contribution in [1.82, 2.24) is 0 Å². The normalized spacial score (nSPS) is 41.1. The Kier molecular flexibility index (Phi) is 9.31. The summed E-state index contributed by atoms with van der Waals surface area (Å²) >= 11 is 0. The smallest absolute Gasteiger partial charge is 0.362 e. The first kappa shape index (κ1) is 31.0. The van der Waals surface area contributed by atoms with E-state index in [0.717, 1.165) is 36.5 Å². The Bertz CT molecular complexity index is 849. The van der Waals surface area contributed by atoms with Gasteiger partial charge in [0.15, 0.2) is 6.04 Å². The molecule has 2 unspecified atom stereocenters. The molecule has 37 heavy (non-hydrogen) atoms. The van der Waals surface area contributed by atoms with Crippen LogP contribution >= 0.6 is 0 Å². The third-order valence-corrected chi connectivity index (χ3v) is 12.0. The maximum atomic E-state index is 12.7. The Balaban J connectivity index is 0.00000380. The second kappa shape index (κ2) is 11.1. The lowest BCUT2D eigenvalue weighted by Gasteiger charge is -2.61. The number of quaternary nitrogens is 1. The van der Waals surface area contributed by atoms with Crippen molar-refractivity contribution in [2.45, 2.75) is 111 Å². The summed E-state index contributed by atoms with van der Waals surface area (Å²) in [5, 5.41) is 21.3. The van der Waals surface area contributed by atoms with Crippen LogP contribution in [0.25, 0.3) is 0 Å². The average molecular weight is 538 g/mol. The maximum absolute atomic E-state index is 12.7. The van der Waals surface area contributed by atoms with E-state index in [4.69, 9.17) is 0 Å². The maximum Gasteiger partial charge on any atom is 0.362 e. The number of hydrogen-bond donors (Lipinski definition) is 2. The molecule has 0 spiro atoms. The largest absolute Gasteiger partial charge is 1.00 e. The highest BCUT2D eigenvalue weighted by Gasteiger charge is 2.63. The van der Waals surface area contributed by atoms with Gasteiger partial charge in [-0.1, -0.05) is 65.5 Å². The van der Waals surface area contributed by atoms with Gasteiger partial charge in [0.2, 0.25) is 0 Å². The molecule has 0 aliphatic heterocycles. The first-order valence-electron chi connectivity index (χ1n) is 15.1. The van der Waals surface area contributed by atoms with E-state index < -0.39 is 18.1 Å². The molecule has 4 rings (SSSR count). The van der Waals surface area contributed by atoms with E-state index in [1.807, 2.05) is 21.1 Å². The average Bonchev–Trinajstić information content (AvgIpc) is 3.10. The molecule has 0 amide bonds. The Morgan fingerprint density at radius 1 is 1.05 bits per heavy atom. The van der Waals surface area contributed by atoms with Crippen molar-refractivity contribution in [2.75, 3.05) is 21.1 Å². The molecule has 4 nitrogen and oxygen atoms in total. The molecule has 4 aliphatic rings. The fourth-order valence-corrected chi connectivity index (χ4v) is 10.3. The van der Waals surface area contributed by atoms with Gasteiger partial charge in [0.25, 0.3) is 0 Å². The second-order valence-electron chi connectivity index (χ2n) is 15.3. The summed E-state index contributed by atoms with van der Waals surface area (Å²) in [5.41, 5.74) is 1.67. The Morgan fingerprint density at radius 3 is 2.32 bits per heavy atom. The highest BCUT2D eigenvalue weighted by molar-refractivity contribution is 5.73. The first-order valence-corrected chi connectivity index (χ1v) is 15.1. The van der Waals surface area contributed by atoms with Crippen molar-refractivity contribution < 1.29 is 31.9 Å². The van der Waals surface area contributed by atoms with Crippen LogP contribution in [-0.4, -0.2) is 54.0 Å². The number of fused-ring (bicyclic) bond motifs is 5. The summed E-state index contributed by atoms with van der Waals surface area (Å²) in [4.78, 5) is 12.7. The standard InChI is InChI=1S/C32H55NO3.ClH/c1-20(2)10-9-11-21(3)25-14-15-26-24-13-12-22-18-23(34)19-28(29(30(35)36)33(6,7)8)32(22,5)27(24)16-17-31(25,26)4;/h12,20-21,23-29,34H,9-11,13-19H2,1-8H3;1H/t21-,23-,24+,25-,26+,27+,28?,29?,31-,32-;/m1./s1. The van der Waals surface area contributed by atoms with Gasteiger partial charge in [-0.05, 0) is 85.9 Å². The van der Waals surface area contributed by atoms with Crippen LogP contribution in [0.15, 0.2) is 11.6 Å². The lowest BCUT2D eigenvalue weighted by molar-refractivity contribution is -0.892. The number of halogens is 1. The quantitative estimate of drug-likeness (QED) is 0.366. The molecule has 0 aromatic rings. The second-order valence-corrected chi connectivity index (χ2v) is 15.3. The number of nitrogens with zero attached hydrogens (tertiary/aromatic N) is 1. The van der Waals surface area contributed by atoms with Gasteiger partial charge < -0.3 is 27.1 Å². The fraction of sp³-hybridized carbons (Fsp3) is 0.906. The zero-order valence-corrected chi connectivity index (χ0v) is 25.7. The number of hydrogen-bond acceptors (Lipinski definition) is 2. The number of carboxylic acid groups (broad SMARTS) is 1. The van der Waals surface area contributed by atoms with Crippen LogP contribution in [0.5, 0.6) is 0 Å². The number of likely N-dealkylation sites (N-methyl/N-ethyl adjacent to an activating group) is 1. The van der Waals surface area contributed by atoms with Crippen molar-refractivity contribution >= 4 is 5.97 Å². The molecular weight excluding hydrogens is 482 g/mol. The van der Waals surface area contributed by atoms with E-state index in [2.05, 4.69) is 40.7 Å². The lowest BCUT2D eigenvalue weighted by atomic mass is 9.44. The van der Waals surface area contributed by atoms with E-state index in [1.54, 1.807) is 0 Å².